The van der Waals surface area contributed by atoms with Crippen LogP contribution in [0.25, 0.3) is 11.0 Å². The van der Waals surface area contributed by atoms with Gasteiger partial charge >= 0.3 is 12.2 Å². The van der Waals surface area contributed by atoms with E-state index in [2.05, 4.69) is 25.9 Å². The predicted octanol–water partition coefficient (Wildman–Crippen LogP) is 5.93. The first kappa shape index (κ1) is 27.8. The summed E-state index contributed by atoms with van der Waals surface area (Å²) in [5.74, 6) is -0.860. The van der Waals surface area contributed by atoms with Gasteiger partial charge in [0.15, 0.2) is 5.65 Å². The zero-order valence-electron chi connectivity index (χ0n) is 21.9. The molecule has 0 bridgehead atoms. The second-order valence-corrected chi connectivity index (χ2v) is 9.20. The fourth-order valence-electron chi connectivity index (χ4n) is 4.12. The van der Waals surface area contributed by atoms with Gasteiger partial charge < -0.3 is 21.7 Å². The smallest absolute Gasteiger partial charge is 0.366 e. The van der Waals surface area contributed by atoms with Crippen LogP contribution in [0.4, 0.5) is 40.8 Å². The highest BCUT2D eigenvalue weighted by molar-refractivity contribution is 6.05. The summed E-state index contributed by atoms with van der Waals surface area (Å²) in [7, 11) is 0. The van der Waals surface area contributed by atoms with Gasteiger partial charge in [-0.1, -0.05) is 12.1 Å². The van der Waals surface area contributed by atoms with Crippen LogP contribution >= 0.6 is 0 Å². The fraction of sp³-hybridized carbons (Fsp3) is 0.0690. The maximum Gasteiger partial charge on any atom is 0.416 e. The monoisotopic (exact) mass is 573 g/mol. The Morgan fingerprint density at radius 3 is 2.31 bits per heavy atom. The number of nitrogens with one attached hydrogen (secondary N) is 3. The molecule has 212 valence electrons. The highest BCUT2D eigenvalue weighted by Gasteiger charge is 2.31. The van der Waals surface area contributed by atoms with Gasteiger partial charge in [0.2, 0.25) is 5.91 Å². The Morgan fingerprint density at radius 2 is 1.60 bits per heavy atom. The lowest BCUT2D eigenvalue weighted by Crippen LogP contribution is -2.20. The molecule has 0 aliphatic rings. The lowest BCUT2D eigenvalue weighted by Gasteiger charge is -2.13. The van der Waals surface area contributed by atoms with Crippen molar-refractivity contribution in [3.8, 4) is 0 Å². The number of aromatic nitrogens is 3. The molecule has 0 saturated heterocycles. The SMILES string of the molecule is Cc1ccc(NC(=O)c2cccc(C(F)(F)F)c2)cc1NC(=O)n1ccc2c(Nc3ccc(C(N)=O)cc3)ncnc21. The van der Waals surface area contributed by atoms with E-state index in [-0.39, 0.29) is 11.3 Å². The molecule has 2 aromatic heterocycles. The molecule has 0 saturated carbocycles. The molecule has 0 atom stereocenters. The summed E-state index contributed by atoms with van der Waals surface area (Å²) in [6, 6.07) is 16.4. The molecular weight excluding hydrogens is 551 g/mol. The number of carbonyl (C=O) groups is 3. The molecule has 3 amide bonds. The van der Waals surface area contributed by atoms with Gasteiger partial charge in [0.25, 0.3) is 5.91 Å². The zero-order valence-corrected chi connectivity index (χ0v) is 21.9. The van der Waals surface area contributed by atoms with Crippen LogP contribution in [0.1, 0.15) is 31.8 Å². The van der Waals surface area contributed by atoms with E-state index in [1.165, 1.54) is 29.2 Å². The van der Waals surface area contributed by atoms with Gasteiger partial charge in [0.05, 0.1) is 10.9 Å². The van der Waals surface area contributed by atoms with Crippen molar-refractivity contribution in [3.05, 3.63) is 108 Å². The van der Waals surface area contributed by atoms with Crippen LogP contribution in [0.5, 0.6) is 0 Å². The molecular formula is C29H22F3N7O3. The number of nitrogens with two attached hydrogens (primary N) is 1. The van der Waals surface area contributed by atoms with Crippen molar-refractivity contribution in [1.29, 1.82) is 0 Å². The Kier molecular flexibility index (Phi) is 7.32. The molecule has 0 unspecified atom stereocenters. The zero-order chi connectivity index (χ0) is 30.0. The number of nitrogens with zero attached hydrogens (tertiary/aromatic N) is 3. The Labute approximate surface area is 236 Å². The van der Waals surface area contributed by atoms with E-state index >= 15 is 0 Å². The summed E-state index contributed by atoms with van der Waals surface area (Å²) in [4.78, 5) is 45.7. The number of anilines is 4. The van der Waals surface area contributed by atoms with Gasteiger partial charge in [-0.05, 0) is 73.2 Å². The minimum Gasteiger partial charge on any atom is -0.366 e. The number of fused-ring (bicyclic) bond motifs is 1. The molecule has 0 fully saturated rings. The topological polar surface area (TPSA) is 144 Å². The normalized spacial score (nSPS) is 11.2. The third-order valence-corrected chi connectivity index (χ3v) is 6.32. The van der Waals surface area contributed by atoms with Gasteiger partial charge in [-0.2, -0.15) is 13.2 Å². The fourth-order valence-corrected chi connectivity index (χ4v) is 4.12. The maximum absolute atomic E-state index is 13.2. The van der Waals surface area contributed by atoms with Crippen molar-refractivity contribution in [3.63, 3.8) is 0 Å². The van der Waals surface area contributed by atoms with Crippen molar-refractivity contribution in [1.82, 2.24) is 14.5 Å². The average Bonchev–Trinajstić information content (AvgIpc) is 3.40. The summed E-state index contributed by atoms with van der Waals surface area (Å²) < 4.78 is 40.4. The van der Waals surface area contributed by atoms with Crippen LogP contribution in [0.2, 0.25) is 0 Å². The standard InChI is InChI=1S/C29H22F3N7O3/c1-16-5-8-21(37-27(41)18-3-2-4-19(13-18)29(30,31)32)14-23(16)38-28(42)39-12-11-22-25(34-15-35-26(22)39)36-20-9-6-17(7-10-20)24(33)40/h2-15H,1H3,(H2,33,40)(H,37,41)(H,38,42)(H,34,35,36). The molecule has 2 heterocycles. The molecule has 0 spiro atoms. The van der Waals surface area contributed by atoms with E-state index < -0.39 is 29.6 Å². The average molecular weight is 574 g/mol. The van der Waals surface area contributed by atoms with E-state index in [9.17, 15) is 27.6 Å². The number of benzene rings is 3. The second-order valence-electron chi connectivity index (χ2n) is 9.20. The molecule has 5 N–H and O–H groups in total. The van der Waals surface area contributed by atoms with E-state index in [4.69, 9.17) is 5.73 Å². The lowest BCUT2D eigenvalue weighted by molar-refractivity contribution is -0.137. The van der Waals surface area contributed by atoms with Crippen molar-refractivity contribution in [2.75, 3.05) is 16.0 Å². The number of primary amides is 1. The van der Waals surface area contributed by atoms with E-state index in [1.807, 2.05) is 0 Å². The summed E-state index contributed by atoms with van der Waals surface area (Å²) in [6.45, 7) is 1.75. The van der Waals surface area contributed by atoms with Crippen molar-refractivity contribution >= 4 is 51.8 Å². The molecule has 3 aromatic carbocycles. The highest BCUT2D eigenvalue weighted by Crippen LogP contribution is 2.30. The molecule has 5 aromatic rings. The van der Waals surface area contributed by atoms with Gasteiger partial charge in [-0.15, -0.1) is 0 Å². The van der Waals surface area contributed by atoms with E-state index in [1.54, 1.807) is 49.4 Å². The largest absolute Gasteiger partial charge is 0.416 e. The van der Waals surface area contributed by atoms with Gasteiger partial charge in [-0.25, -0.2) is 14.8 Å². The van der Waals surface area contributed by atoms with E-state index in [0.29, 0.717) is 39.4 Å². The van der Waals surface area contributed by atoms with Crippen LogP contribution in [0.15, 0.2) is 85.3 Å². The Morgan fingerprint density at radius 1 is 0.857 bits per heavy atom. The summed E-state index contributed by atoms with van der Waals surface area (Å²) in [6.07, 6.45) is -1.77. The number of hydrogen-bond acceptors (Lipinski definition) is 6. The first-order valence-electron chi connectivity index (χ1n) is 12.4. The van der Waals surface area contributed by atoms with Crippen LogP contribution in [0, 0.1) is 6.92 Å². The predicted molar refractivity (Wildman–Crippen MR) is 151 cm³/mol. The number of alkyl halides is 3. The molecule has 42 heavy (non-hydrogen) atoms. The number of halogens is 3. The summed E-state index contributed by atoms with van der Waals surface area (Å²) >= 11 is 0. The Balaban J connectivity index is 1.34. The molecule has 0 radical (unpaired) electrons. The van der Waals surface area contributed by atoms with Crippen LogP contribution in [-0.4, -0.2) is 32.4 Å². The van der Waals surface area contributed by atoms with Gasteiger partial charge in [0, 0.05) is 34.4 Å². The molecule has 0 aliphatic heterocycles. The minimum absolute atomic E-state index is 0.164. The number of rotatable bonds is 6. The van der Waals surface area contributed by atoms with Crippen molar-refractivity contribution < 1.29 is 27.6 Å². The van der Waals surface area contributed by atoms with Crippen LogP contribution < -0.4 is 21.7 Å². The van der Waals surface area contributed by atoms with E-state index in [0.717, 1.165) is 18.2 Å². The Bertz CT molecular complexity index is 1830. The highest BCUT2D eigenvalue weighted by atomic mass is 19.4. The van der Waals surface area contributed by atoms with Gasteiger partial charge in [-0.3, -0.25) is 14.2 Å². The molecule has 5 rings (SSSR count). The van der Waals surface area contributed by atoms with Crippen LogP contribution in [-0.2, 0) is 6.18 Å². The quantitative estimate of drug-likeness (QED) is 0.198. The number of hydrogen-bond donors (Lipinski definition) is 4. The number of amides is 3. The third kappa shape index (κ3) is 5.89. The van der Waals surface area contributed by atoms with Gasteiger partial charge in [0.1, 0.15) is 12.1 Å². The Hall–Kier alpha value is -5.72. The number of aryl methyl sites for hydroxylation is 1. The first-order valence-corrected chi connectivity index (χ1v) is 12.4. The summed E-state index contributed by atoms with van der Waals surface area (Å²) in [5.41, 5.74) is 6.79. The first-order chi connectivity index (χ1) is 20.0. The van der Waals surface area contributed by atoms with Crippen molar-refractivity contribution in [2.45, 2.75) is 13.1 Å². The lowest BCUT2D eigenvalue weighted by atomic mass is 10.1. The maximum atomic E-state index is 13.2. The van der Waals surface area contributed by atoms with Crippen LogP contribution in [0.3, 0.4) is 0 Å². The molecule has 13 heteroatoms. The molecule has 0 aliphatic carbocycles. The third-order valence-electron chi connectivity index (χ3n) is 6.32. The number of carbonyl (C=O) groups excluding carboxylic acids is 3. The van der Waals surface area contributed by atoms with Crippen molar-refractivity contribution in [2.24, 2.45) is 5.73 Å². The minimum atomic E-state index is -4.58. The molecule has 10 nitrogen and oxygen atoms in total. The second kappa shape index (κ2) is 11.0. The summed E-state index contributed by atoms with van der Waals surface area (Å²) in [5, 5.41) is 9.01.